The summed E-state index contributed by atoms with van der Waals surface area (Å²) in [7, 11) is 0. The second kappa shape index (κ2) is 4.74. The van der Waals surface area contributed by atoms with Gasteiger partial charge < -0.3 is 10.0 Å². The van der Waals surface area contributed by atoms with E-state index in [4.69, 9.17) is 4.98 Å². The van der Waals surface area contributed by atoms with Crippen LogP contribution in [0.3, 0.4) is 0 Å². The van der Waals surface area contributed by atoms with Gasteiger partial charge in [0, 0.05) is 18.5 Å². The Labute approximate surface area is 118 Å². The van der Waals surface area contributed by atoms with Gasteiger partial charge in [0.15, 0.2) is 5.13 Å². The summed E-state index contributed by atoms with van der Waals surface area (Å²) >= 11 is 1.75. The second-order valence-corrected chi connectivity index (χ2v) is 7.39. The minimum absolute atomic E-state index is 0.172. The zero-order chi connectivity index (χ0) is 12.8. The van der Waals surface area contributed by atoms with Crippen LogP contribution in [0.25, 0.3) is 0 Å². The highest BCUT2D eigenvalue weighted by Gasteiger charge is 2.37. The van der Waals surface area contributed by atoms with Crippen molar-refractivity contribution < 1.29 is 5.11 Å². The Morgan fingerprint density at radius 3 is 2.79 bits per heavy atom. The maximum atomic E-state index is 9.55. The van der Waals surface area contributed by atoms with E-state index >= 15 is 0 Å². The van der Waals surface area contributed by atoms with Gasteiger partial charge in [-0.1, -0.05) is 17.8 Å². The van der Waals surface area contributed by atoms with Crippen molar-refractivity contribution in [1.82, 2.24) is 4.98 Å². The molecule has 3 fully saturated rings. The van der Waals surface area contributed by atoms with Crippen LogP contribution < -0.4 is 4.90 Å². The molecule has 1 aromatic rings. The molecule has 4 rings (SSSR count). The van der Waals surface area contributed by atoms with E-state index in [9.17, 15) is 5.11 Å². The Morgan fingerprint density at radius 1 is 1.16 bits per heavy atom. The van der Waals surface area contributed by atoms with Crippen LogP contribution in [-0.4, -0.2) is 22.7 Å². The highest BCUT2D eigenvalue weighted by atomic mass is 32.1. The minimum Gasteiger partial charge on any atom is -0.391 e. The number of hydrogen-bond acceptors (Lipinski definition) is 4. The number of anilines is 1. The van der Waals surface area contributed by atoms with E-state index in [-0.39, 0.29) is 6.61 Å². The van der Waals surface area contributed by atoms with Crippen molar-refractivity contribution >= 4 is 16.5 Å². The van der Waals surface area contributed by atoms with E-state index < -0.39 is 0 Å². The predicted molar refractivity (Wildman–Crippen MR) is 77.7 cm³/mol. The molecular formula is C15H22N2OS. The first kappa shape index (κ1) is 12.2. The van der Waals surface area contributed by atoms with Gasteiger partial charge in [0.2, 0.25) is 0 Å². The number of thiazole rings is 1. The number of piperidine rings is 1. The first-order valence-corrected chi connectivity index (χ1v) is 8.55. The van der Waals surface area contributed by atoms with E-state index in [0.717, 1.165) is 16.8 Å². The summed E-state index contributed by atoms with van der Waals surface area (Å²) in [6.45, 7) is 1.34. The molecule has 3 nitrogen and oxygen atoms in total. The van der Waals surface area contributed by atoms with Crippen LogP contribution in [0.2, 0.25) is 0 Å². The number of aliphatic hydroxyl groups excluding tert-OH is 1. The molecule has 0 amide bonds. The van der Waals surface area contributed by atoms with E-state index in [1.807, 2.05) is 0 Å². The van der Waals surface area contributed by atoms with Gasteiger partial charge in [0.05, 0.1) is 17.2 Å². The quantitative estimate of drug-likeness (QED) is 0.921. The van der Waals surface area contributed by atoms with Gasteiger partial charge in [-0.15, -0.1) is 0 Å². The van der Waals surface area contributed by atoms with E-state index in [1.54, 1.807) is 11.3 Å². The van der Waals surface area contributed by atoms with Gasteiger partial charge in [-0.05, 0) is 44.4 Å². The number of aromatic nitrogens is 1. The first-order valence-electron chi connectivity index (χ1n) is 7.74. The third-order valence-electron chi connectivity index (χ3n) is 5.06. The average Bonchev–Trinajstić information content (AvgIpc) is 3.02. The number of fused-ring (bicyclic) bond motifs is 1. The highest BCUT2D eigenvalue weighted by Crippen LogP contribution is 2.46. The molecule has 2 saturated carbocycles. The van der Waals surface area contributed by atoms with Gasteiger partial charge in [-0.2, -0.15) is 0 Å². The highest BCUT2D eigenvalue weighted by molar-refractivity contribution is 7.15. The molecule has 1 N–H and O–H groups in total. The zero-order valence-electron chi connectivity index (χ0n) is 11.3. The molecule has 0 spiro atoms. The molecule has 0 bridgehead atoms. The summed E-state index contributed by atoms with van der Waals surface area (Å²) in [5.74, 6) is 1.55. The lowest BCUT2D eigenvalue weighted by atomic mass is 9.92. The molecule has 3 aliphatic rings. The van der Waals surface area contributed by atoms with Crippen LogP contribution in [0.15, 0.2) is 0 Å². The Kier molecular flexibility index (Phi) is 3.03. The molecule has 2 heterocycles. The lowest BCUT2D eigenvalue weighted by Crippen LogP contribution is -2.42. The van der Waals surface area contributed by atoms with Crippen molar-refractivity contribution in [2.24, 2.45) is 5.92 Å². The Balaban J connectivity index is 1.63. The van der Waals surface area contributed by atoms with Gasteiger partial charge in [-0.25, -0.2) is 4.98 Å². The van der Waals surface area contributed by atoms with Crippen molar-refractivity contribution in [1.29, 1.82) is 0 Å². The predicted octanol–water partition coefficient (Wildman–Crippen LogP) is 3.28. The Morgan fingerprint density at radius 2 is 2.00 bits per heavy atom. The summed E-state index contributed by atoms with van der Waals surface area (Å²) in [4.78, 5) is 8.60. The number of aliphatic hydroxyl groups is 1. The summed E-state index contributed by atoms with van der Waals surface area (Å²) in [6, 6.07) is 0.735. The van der Waals surface area contributed by atoms with Crippen LogP contribution in [-0.2, 0) is 6.61 Å². The maximum absolute atomic E-state index is 9.55. The first-order chi connectivity index (χ1) is 9.36. The summed E-state index contributed by atoms with van der Waals surface area (Å²) in [5.41, 5.74) is 1.21. The number of rotatable bonds is 3. The summed E-state index contributed by atoms with van der Waals surface area (Å²) in [6.07, 6.45) is 9.40. The molecule has 19 heavy (non-hydrogen) atoms. The maximum Gasteiger partial charge on any atom is 0.186 e. The van der Waals surface area contributed by atoms with Gasteiger partial charge >= 0.3 is 0 Å². The van der Waals surface area contributed by atoms with Crippen LogP contribution in [0.5, 0.6) is 0 Å². The molecule has 1 aromatic heterocycles. The fourth-order valence-electron chi connectivity index (χ4n) is 3.95. The van der Waals surface area contributed by atoms with Gasteiger partial charge in [0.25, 0.3) is 0 Å². The standard InChI is InChI=1S/C15H22N2OS/c18-9-13-14(11-6-7-11)16-15(19-13)17-8-2-4-10-3-1-5-12(10)17/h10-12,18H,1-9H2. The van der Waals surface area contributed by atoms with Crippen molar-refractivity contribution in [3.63, 3.8) is 0 Å². The fraction of sp³-hybridized carbons (Fsp3) is 0.800. The number of hydrogen-bond donors (Lipinski definition) is 1. The monoisotopic (exact) mass is 278 g/mol. The third kappa shape index (κ3) is 2.09. The fourth-order valence-corrected chi connectivity index (χ4v) is 5.04. The van der Waals surface area contributed by atoms with Crippen LogP contribution >= 0.6 is 11.3 Å². The van der Waals surface area contributed by atoms with Gasteiger partial charge in [0.1, 0.15) is 0 Å². The third-order valence-corrected chi connectivity index (χ3v) is 6.16. The molecule has 0 aromatic carbocycles. The SMILES string of the molecule is OCc1sc(N2CCCC3CCCC32)nc1C1CC1. The van der Waals surface area contributed by atoms with E-state index in [1.165, 1.54) is 62.3 Å². The topological polar surface area (TPSA) is 36.4 Å². The lowest BCUT2D eigenvalue weighted by Gasteiger charge is -2.37. The van der Waals surface area contributed by atoms with Crippen LogP contribution in [0, 0.1) is 5.92 Å². The molecule has 1 aliphatic heterocycles. The van der Waals surface area contributed by atoms with E-state index in [0.29, 0.717) is 5.92 Å². The summed E-state index contributed by atoms with van der Waals surface area (Å²) in [5, 5.41) is 10.7. The van der Waals surface area contributed by atoms with Crippen molar-refractivity contribution in [3.05, 3.63) is 10.6 Å². The lowest BCUT2D eigenvalue weighted by molar-refractivity contribution is 0.284. The Hall–Kier alpha value is -0.610. The molecule has 1 saturated heterocycles. The molecule has 104 valence electrons. The second-order valence-electron chi connectivity index (χ2n) is 6.33. The van der Waals surface area contributed by atoms with Crippen LogP contribution in [0.4, 0.5) is 5.13 Å². The smallest absolute Gasteiger partial charge is 0.186 e. The van der Waals surface area contributed by atoms with Crippen molar-refractivity contribution in [2.75, 3.05) is 11.4 Å². The van der Waals surface area contributed by atoms with Gasteiger partial charge in [-0.3, -0.25) is 0 Å². The van der Waals surface area contributed by atoms with E-state index in [2.05, 4.69) is 4.90 Å². The molecule has 0 radical (unpaired) electrons. The minimum atomic E-state index is 0.172. The summed E-state index contributed by atoms with van der Waals surface area (Å²) < 4.78 is 0. The van der Waals surface area contributed by atoms with Crippen molar-refractivity contribution in [2.45, 2.75) is 63.5 Å². The number of nitrogens with zero attached hydrogens (tertiary/aromatic N) is 2. The molecule has 4 heteroatoms. The molecule has 2 atom stereocenters. The molecule has 2 unspecified atom stereocenters. The Bertz CT molecular complexity index is 469. The molecule has 2 aliphatic carbocycles. The zero-order valence-corrected chi connectivity index (χ0v) is 12.2. The largest absolute Gasteiger partial charge is 0.391 e. The van der Waals surface area contributed by atoms with Crippen molar-refractivity contribution in [3.8, 4) is 0 Å². The molecular weight excluding hydrogens is 256 g/mol. The normalized spacial score (nSPS) is 30.7. The average molecular weight is 278 g/mol. The van der Waals surface area contributed by atoms with Crippen LogP contribution in [0.1, 0.15) is 61.4 Å².